The van der Waals surface area contributed by atoms with Gasteiger partial charge in [0.1, 0.15) is 11.3 Å². The molecule has 2 aromatic heterocycles. The first-order valence-corrected chi connectivity index (χ1v) is 11.7. The predicted molar refractivity (Wildman–Crippen MR) is 141 cm³/mol. The summed E-state index contributed by atoms with van der Waals surface area (Å²) in [6.07, 6.45) is 3.49. The van der Waals surface area contributed by atoms with Crippen molar-refractivity contribution in [1.82, 2.24) is 19.7 Å². The summed E-state index contributed by atoms with van der Waals surface area (Å²) in [4.78, 5) is 26.8. The summed E-state index contributed by atoms with van der Waals surface area (Å²) >= 11 is 0. The molecule has 0 radical (unpaired) electrons. The number of nitriles is 1. The quantitative estimate of drug-likeness (QED) is 0.382. The van der Waals surface area contributed by atoms with Gasteiger partial charge >= 0.3 is 0 Å². The van der Waals surface area contributed by atoms with Crippen LogP contribution in [0.5, 0.6) is 5.75 Å². The fourth-order valence-electron chi connectivity index (χ4n) is 3.93. The van der Waals surface area contributed by atoms with Crippen LogP contribution in [0.15, 0.2) is 77.9 Å². The normalized spacial score (nSPS) is 10.5. The van der Waals surface area contributed by atoms with Crippen molar-refractivity contribution in [2.75, 3.05) is 26.1 Å². The fourth-order valence-corrected chi connectivity index (χ4v) is 3.93. The highest BCUT2D eigenvalue weighted by molar-refractivity contribution is 5.98. The summed E-state index contributed by atoms with van der Waals surface area (Å²) < 4.78 is 8.63. The van der Waals surface area contributed by atoms with Gasteiger partial charge in [-0.05, 0) is 41.0 Å². The second-order valence-electron chi connectivity index (χ2n) is 8.76. The molecule has 1 amide bonds. The van der Waals surface area contributed by atoms with Crippen molar-refractivity contribution in [2.45, 2.75) is 19.6 Å². The molecular formula is C28H28N6O3. The Balaban J connectivity index is 1.47. The zero-order chi connectivity index (χ0) is 26.4. The number of hydrogen-bond acceptors (Lipinski definition) is 6. The molecule has 0 bridgehead atoms. The van der Waals surface area contributed by atoms with E-state index in [1.54, 1.807) is 64.0 Å². The van der Waals surface area contributed by atoms with Crippen molar-refractivity contribution in [3.05, 3.63) is 111 Å². The van der Waals surface area contributed by atoms with Crippen LogP contribution in [0.3, 0.4) is 0 Å². The van der Waals surface area contributed by atoms with Crippen molar-refractivity contribution < 1.29 is 9.53 Å². The minimum Gasteiger partial charge on any atom is -0.497 e. The lowest BCUT2D eigenvalue weighted by atomic mass is 10.1. The third-order valence-corrected chi connectivity index (χ3v) is 5.90. The molecule has 0 unspecified atom stereocenters. The number of methoxy groups -OCH3 is 1. The van der Waals surface area contributed by atoms with Crippen molar-refractivity contribution in [2.24, 2.45) is 0 Å². The Morgan fingerprint density at radius 1 is 1.08 bits per heavy atom. The number of rotatable bonds is 9. The van der Waals surface area contributed by atoms with E-state index in [2.05, 4.69) is 16.5 Å². The summed E-state index contributed by atoms with van der Waals surface area (Å²) in [6.45, 7) is 1.16. The first-order chi connectivity index (χ1) is 17.9. The van der Waals surface area contributed by atoms with Gasteiger partial charge in [-0.1, -0.05) is 30.3 Å². The number of hydrogen-bond donors (Lipinski definition) is 1. The molecule has 0 fully saturated rings. The summed E-state index contributed by atoms with van der Waals surface area (Å²) in [7, 11) is 5.22. The van der Waals surface area contributed by atoms with E-state index in [1.165, 1.54) is 0 Å². The molecule has 2 aromatic carbocycles. The summed E-state index contributed by atoms with van der Waals surface area (Å²) in [5.41, 5.74) is 3.57. The molecule has 4 aromatic rings. The Labute approximate surface area is 215 Å². The van der Waals surface area contributed by atoms with Gasteiger partial charge in [-0.15, -0.1) is 0 Å². The summed E-state index contributed by atoms with van der Waals surface area (Å²) in [5.74, 6) is 0.876. The van der Waals surface area contributed by atoms with Gasteiger partial charge in [0.05, 0.1) is 31.8 Å². The Hall–Kier alpha value is -4.84. The van der Waals surface area contributed by atoms with Gasteiger partial charge in [-0.2, -0.15) is 10.4 Å². The molecule has 0 aliphatic heterocycles. The standard InChI is InChI=1S/C28H28N6O3/c1-32(2)27-25(28(36)30-16-23-14-24(37-3)12-11-22(23)15-29)19-34(31-27)18-21-9-7-20(8-10-21)17-33-13-5-4-6-26(33)35/h4-14,19H,16-18H2,1-3H3,(H,30,36). The third-order valence-electron chi connectivity index (χ3n) is 5.90. The van der Waals surface area contributed by atoms with Crippen molar-refractivity contribution >= 4 is 11.7 Å². The van der Waals surface area contributed by atoms with Crippen LogP contribution >= 0.6 is 0 Å². The number of nitrogens with one attached hydrogen (secondary N) is 1. The molecule has 0 saturated carbocycles. The van der Waals surface area contributed by atoms with Gasteiger partial charge in [0.15, 0.2) is 5.82 Å². The molecule has 9 nitrogen and oxygen atoms in total. The van der Waals surface area contributed by atoms with Crippen LogP contribution in [0.1, 0.15) is 32.6 Å². The van der Waals surface area contributed by atoms with Gasteiger partial charge in [-0.25, -0.2) is 0 Å². The maximum Gasteiger partial charge on any atom is 0.256 e. The average molecular weight is 497 g/mol. The number of aromatic nitrogens is 3. The Morgan fingerprint density at radius 3 is 2.46 bits per heavy atom. The maximum atomic E-state index is 13.1. The van der Waals surface area contributed by atoms with E-state index in [1.807, 2.05) is 44.4 Å². The molecule has 2 heterocycles. The Bertz CT molecular complexity index is 1500. The Morgan fingerprint density at radius 2 is 1.81 bits per heavy atom. The molecule has 37 heavy (non-hydrogen) atoms. The van der Waals surface area contributed by atoms with Crippen LogP contribution in [0.2, 0.25) is 0 Å². The molecule has 4 rings (SSSR count). The van der Waals surface area contributed by atoms with Gasteiger partial charge in [0.2, 0.25) is 0 Å². The van der Waals surface area contributed by atoms with Crippen LogP contribution in [-0.4, -0.2) is 41.5 Å². The lowest BCUT2D eigenvalue weighted by Gasteiger charge is -2.12. The van der Waals surface area contributed by atoms with Crippen LogP contribution < -0.4 is 20.5 Å². The average Bonchev–Trinajstić information content (AvgIpc) is 3.34. The lowest BCUT2D eigenvalue weighted by molar-refractivity contribution is 0.0951. The second-order valence-corrected chi connectivity index (χ2v) is 8.76. The molecular weight excluding hydrogens is 468 g/mol. The number of ether oxygens (including phenoxy) is 1. The largest absolute Gasteiger partial charge is 0.497 e. The van der Waals surface area contributed by atoms with E-state index in [-0.39, 0.29) is 18.0 Å². The van der Waals surface area contributed by atoms with E-state index >= 15 is 0 Å². The minimum atomic E-state index is -0.287. The molecule has 188 valence electrons. The van der Waals surface area contributed by atoms with Crippen molar-refractivity contribution in [3.63, 3.8) is 0 Å². The van der Waals surface area contributed by atoms with Crippen LogP contribution in [0.4, 0.5) is 5.82 Å². The van der Waals surface area contributed by atoms with E-state index in [0.29, 0.717) is 41.3 Å². The number of nitrogens with zero attached hydrogens (tertiary/aromatic N) is 5. The van der Waals surface area contributed by atoms with E-state index < -0.39 is 0 Å². The Kier molecular flexibility index (Phi) is 7.69. The number of pyridine rings is 1. The van der Waals surface area contributed by atoms with Gasteiger partial charge in [0, 0.05) is 39.1 Å². The van der Waals surface area contributed by atoms with E-state index in [4.69, 9.17) is 4.74 Å². The fraction of sp³-hybridized carbons (Fsp3) is 0.214. The molecule has 0 aliphatic rings. The van der Waals surface area contributed by atoms with Crippen molar-refractivity contribution in [1.29, 1.82) is 5.26 Å². The lowest BCUT2D eigenvalue weighted by Crippen LogP contribution is -2.25. The summed E-state index contributed by atoms with van der Waals surface area (Å²) in [5, 5.41) is 16.9. The number of benzene rings is 2. The highest BCUT2D eigenvalue weighted by Gasteiger charge is 2.19. The van der Waals surface area contributed by atoms with E-state index in [0.717, 1.165) is 11.1 Å². The van der Waals surface area contributed by atoms with Crippen LogP contribution in [0.25, 0.3) is 0 Å². The molecule has 0 spiro atoms. The highest BCUT2D eigenvalue weighted by Crippen LogP contribution is 2.20. The van der Waals surface area contributed by atoms with Crippen molar-refractivity contribution in [3.8, 4) is 11.8 Å². The SMILES string of the molecule is COc1ccc(C#N)c(CNC(=O)c2cn(Cc3ccc(Cn4ccccc4=O)cc3)nc2N(C)C)c1. The number of anilines is 1. The predicted octanol–water partition coefficient (Wildman–Crippen LogP) is 3.02. The molecule has 0 atom stereocenters. The second kappa shape index (κ2) is 11.3. The van der Waals surface area contributed by atoms with Gasteiger partial charge < -0.3 is 19.5 Å². The monoisotopic (exact) mass is 496 g/mol. The zero-order valence-electron chi connectivity index (χ0n) is 21.0. The minimum absolute atomic E-state index is 0.0413. The smallest absolute Gasteiger partial charge is 0.256 e. The zero-order valence-corrected chi connectivity index (χ0v) is 21.0. The third kappa shape index (κ3) is 6.05. The van der Waals surface area contributed by atoms with Crippen LogP contribution in [0, 0.1) is 11.3 Å². The molecule has 1 N–H and O–H groups in total. The number of amides is 1. The molecule has 9 heteroatoms. The molecule has 0 aliphatic carbocycles. The van der Waals surface area contributed by atoms with Crippen LogP contribution in [-0.2, 0) is 19.6 Å². The summed E-state index contributed by atoms with van der Waals surface area (Å²) in [6, 6.07) is 20.3. The van der Waals surface area contributed by atoms with E-state index in [9.17, 15) is 14.9 Å². The topological polar surface area (TPSA) is 105 Å². The van der Waals surface area contributed by atoms with Gasteiger partial charge in [-0.3, -0.25) is 14.3 Å². The molecule has 0 saturated heterocycles. The maximum absolute atomic E-state index is 13.1. The first kappa shape index (κ1) is 25.3. The first-order valence-electron chi connectivity index (χ1n) is 11.7. The number of carbonyl (C=O) groups is 1. The highest BCUT2D eigenvalue weighted by atomic mass is 16.5. The van der Waals surface area contributed by atoms with Gasteiger partial charge in [0.25, 0.3) is 11.5 Å². The number of carbonyl (C=O) groups excluding carboxylic acids is 1.